The average molecular weight is 353 g/mol. The number of carbonyl (C=O) groups excluding carboxylic acids is 1. The molecule has 0 radical (unpaired) electrons. The van der Waals surface area contributed by atoms with Crippen LogP contribution in [0.2, 0.25) is 0 Å². The number of halogens is 1. The largest absolute Gasteiger partial charge is 0.481 e. The molecule has 0 bridgehead atoms. The lowest BCUT2D eigenvalue weighted by Crippen LogP contribution is -2.76. The quantitative estimate of drug-likeness (QED) is 0.786. The second kappa shape index (κ2) is 7.00. The number of rotatable bonds is 7. The van der Waals surface area contributed by atoms with E-state index in [-0.39, 0.29) is 18.3 Å². The van der Waals surface area contributed by atoms with E-state index in [0.717, 1.165) is 6.07 Å². The minimum absolute atomic E-state index is 0.182. The van der Waals surface area contributed by atoms with Crippen LogP contribution in [0.15, 0.2) is 24.3 Å². The van der Waals surface area contributed by atoms with Gasteiger partial charge in [0, 0.05) is 24.5 Å². The van der Waals surface area contributed by atoms with Gasteiger partial charge in [0.05, 0.1) is 6.10 Å². The second-order valence-corrected chi connectivity index (χ2v) is 6.79. The van der Waals surface area contributed by atoms with Gasteiger partial charge >= 0.3 is 5.97 Å². The Morgan fingerprint density at radius 1 is 1.44 bits per heavy atom. The zero-order chi connectivity index (χ0) is 18.8. The standard InChI is InChI=1S/C18H24FNO5/c1-5-24-14-10-18(16(22)23,17(14,3)4)20-15(21)11(2)25-13-8-6-7-12(19)9-13/h6-9,11,14H,5,10H2,1-4H3,(H,20,21)(H,22,23). The first-order valence-electron chi connectivity index (χ1n) is 8.23. The Morgan fingerprint density at radius 2 is 2.12 bits per heavy atom. The number of aliphatic carboxylic acids is 1. The van der Waals surface area contributed by atoms with Crippen molar-refractivity contribution in [3.05, 3.63) is 30.1 Å². The van der Waals surface area contributed by atoms with Crippen molar-refractivity contribution in [2.75, 3.05) is 6.61 Å². The third kappa shape index (κ3) is 3.46. The SMILES string of the molecule is CCOC1CC(NC(=O)C(C)Oc2cccc(F)c2)(C(=O)O)C1(C)C. The van der Waals surface area contributed by atoms with E-state index in [1.807, 2.05) is 6.92 Å². The van der Waals surface area contributed by atoms with E-state index in [0.29, 0.717) is 6.61 Å². The van der Waals surface area contributed by atoms with Crippen molar-refractivity contribution >= 4 is 11.9 Å². The molecule has 6 nitrogen and oxygen atoms in total. The van der Waals surface area contributed by atoms with Gasteiger partial charge < -0.3 is 19.9 Å². The molecule has 1 aliphatic carbocycles. The number of carboxylic acids is 1. The van der Waals surface area contributed by atoms with Crippen molar-refractivity contribution in [2.45, 2.75) is 51.9 Å². The molecule has 3 atom stereocenters. The first-order valence-corrected chi connectivity index (χ1v) is 8.23. The summed E-state index contributed by atoms with van der Waals surface area (Å²) in [7, 11) is 0. The second-order valence-electron chi connectivity index (χ2n) is 6.79. The highest BCUT2D eigenvalue weighted by Gasteiger charge is 2.66. The minimum atomic E-state index is -1.43. The van der Waals surface area contributed by atoms with Gasteiger partial charge in [-0.15, -0.1) is 0 Å². The van der Waals surface area contributed by atoms with Crippen molar-refractivity contribution in [3.8, 4) is 5.75 Å². The fraction of sp³-hybridized carbons (Fsp3) is 0.556. The maximum Gasteiger partial charge on any atom is 0.330 e. The van der Waals surface area contributed by atoms with Gasteiger partial charge in [-0.25, -0.2) is 9.18 Å². The van der Waals surface area contributed by atoms with Gasteiger partial charge in [0.25, 0.3) is 5.91 Å². The van der Waals surface area contributed by atoms with Gasteiger partial charge in [0.2, 0.25) is 0 Å². The van der Waals surface area contributed by atoms with E-state index in [4.69, 9.17) is 9.47 Å². The zero-order valence-electron chi connectivity index (χ0n) is 14.8. The summed E-state index contributed by atoms with van der Waals surface area (Å²) in [5, 5.41) is 12.3. The highest BCUT2D eigenvalue weighted by molar-refractivity contribution is 5.91. The Hall–Kier alpha value is -2.15. The van der Waals surface area contributed by atoms with Gasteiger partial charge in [-0.05, 0) is 26.0 Å². The number of nitrogens with one attached hydrogen (secondary N) is 1. The Balaban J connectivity index is 2.10. The molecular formula is C18H24FNO5. The molecule has 1 aromatic rings. The number of carboxylic acid groups (broad SMARTS) is 1. The first-order chi connectivity index (χ1) is 11.6. The fourth-order valence-corrected chi connectivity index (χ4v) is 3.15. The molecule has 1 saturated carbocycles. The van der Waals surface area contributed by atoms with Crippen LogP contribution in [0.1, 0.15) is 34.1 Å². The van der Waals surface area contributed by atoms with E-state index in [1.54, 1.807) is 13.8 Å². The number of carbonyl (C=O) groups is 2. The van der Waals surface area contributed by atoms with Crippen LogP contribution in [0.5, 0.6) is 5.75 Å². The predicted molar refractivity (Wildman–Crippen MR) is 88.8 cm³/mol. The third-order valence-electron chi connectivity index (χ3n) is 4.94. The molecule has 3 unspecified atom stereocenters. The summed E-state index contributed by atoms with van der Waals surface area (Å²) in [6, 6.07) is 5.42. The van der Waals surface area contributed by atoms with E-state index >= 15 is 0 Å². The molecule has 0 aliphatic heterocycles. The van der Waals surface area contributed by atoms with Gasteiger partial charge in [-0.2, -0.15) is 0 Å². The number of amides is 1. The molecule has 2 rings (SSSR count). The average Bonchev–Trinajstić information content (AvgIpc) is 2.53. The van der Waals surface area contributed by atoms with E-state index < -0.39 is 34.8 Å². The molecule has 0 saturated heterocycles. The molecule has 1 aliphatic rings. The number of hydrogen-bond acceptors (Lipinski definition) is 4. The summed E-state index contributed by atoms with van der Waals surface area (Å²) >= 11 is 0. The van der Waals surface area contributed by atoms with E-state index in [1.165, 1.54) is 25.1 Å². The lowest BCUT2D eigenvalue weighted by molar-refractivity contribution is -0.195. The lowest BCUT2D eigenvalue weighted by Gasteiger charge is -2.58. The van der Waals surface area contributed by atoms with Crippen molar-refractivity contribution in [1.29, 1.82) is 0 Å². The molecular weight excluding hydrogens is 329 g/mol. The van der Waals surface area contributed by atoms with Crippen LogP contribution >= 0.6 is 0 Å². The topological polar surface area (TPSA) is 84.9 Å². The van der Waals surface area contributed by atoms with Gasteiger partial charge in [0.1, 0.15) is 17.1 Å². The minimum Gasteiger partial charge on any atom is -0.481 e. The van der Waals surface area contributed by atoms with Crippen LogP contribution in [0, 0.1) is 11.2 Å². The molecule has 0 heterocycles. The van der Waals surface area contributed by atoms with Crippen LogP contribution in [-0.2, 0) is 14.3 Å². The molecule has 1 aromatic carbocycles. The monoisotopic (exact) mass is 353 g/mol. The number of ether oxygens (including phenoxy) is 2. The summed E-state index contributed by atoms with van der Waals surface area (Å²) in [5.74, 6) is -1.96. The summed E-state index contributed by atoms with van der Waals surface area (Å²) in [6.07, 6.45) is -1.05. The normalized spacial score (nSPS) is 25.6. The number of benzene rings is 1. The van der Waals surface area contributed by atoms with Crippen LogP contribution in [-0.4, -0.2) is 41.3 Å². The van der Waals surface area contributed by atoms with Crippen LogP contribution in [0.4, 0.5) is 4.39 Å². The molecule has 7 heteroatoms. The van der Waals surface area contributed by atoms with E-state index in [2.05, 4.69) is 5.32 Å². The van der Waals surface area contributed by atoms with Gasteiger partial charge in [-0.3, -0.25) is 4.79 Å². The highest BCUT2D eigenvalue weighted by Crippen LogP contribution is 2.51. The zero-order valence-corrected chi connectivity index (χ0v) is 14.8. The van der Waals surface area contributed by atoms with Crippen molar-refractivity contribution in [1.82, 2.24) is 5.32 Å². The summed E-state index contributed by atoms with van der Waals surface area (Å²) < 4.78 is 24.2. The summed E-state index contributed by atoms with van der Waals surface area (Å²) in [5.41, 5.74) is -2.20. The van der Waals surface area contributed by atoms with Crippen molar-refractivity contribution in [3.63, 3.8) is 0 Å². The number of hydrogen-bond donors (Lipinski definition) is 2. The predicted octanol–water partition coefficient (Wildman–Crippen LogP) is 2.37. The van der Waals surface area contributed by atoms with Crippen molar-refractivity contribution < 1.29 is 28.6 Å². The summed E-state index contributed by atoms with van der Waals surface area (Å²) in [4.78, 5) is 24.3. The maximum absolute atomic E-state index is 13.2. The molecule has 1 amide bonds. The Bertz CT molecular complexity index is 663. The smallest absolute Gasteiger partial charge is 0.330 e. The Morgan fingerprint density at radius 3 is 2.64 bits per heavy atom. The van der Waals surface area contributed by atoms with Gasteiger partial charge in [-0.1, -0.05) is 19.9 Å². The summed E-state index contributed by atoms with van der Waals surface area (Å²) in [6.45, 7) is 7.30. The molecule has 0 aromatic heterocycles. The lowest BCUT2D eigenvalue weighted by atomic mass is 9.54. The Labute approximate surface area is 146 Å². The van der Waals surface area contributed by atoms with E-state index in [9.17, 15) is 19.1 Å². The van der Waals surface area contributed by atoms with Gasteiger partial charge in [0.15, 0.2) is 6.10 Å². The molecule has 2 N–H and O–H groups in total. The molecule has 0 spiro atoms. The molecule has 1 fully saturated rings. The molecule has 25 heavy (non-hydrogen) atoms. The van der Waals surface area contributed by atoms with Crippen LogP contribution < -0.4 is 10.1 Å². The Kier molecular flexibility index (Phi) is 5.37. The molecule has 138 valence electrons. The van der Waals surface area contributed by atoms with Crippen LogP contribution in [0.3, 0.4) is 0 Å². The maximum atomic E-state index is 13.2. The van der Waals surface area contributed by atoms with Crippen molar-refractivity contribution in [2.24, 2.45) is 5.41 Å². The fourth-order valence-electron chi connectivity index (χ4n) is 3.15. The highest BCUT2D eigenvalue weighted by atomic mass is 19.1. The third-order valence-corrected chi connectivity index (χ3v) is 4.94. The van der Waals surface area contributed by atoms with Crippen LogP contribution in [0.25, 0.3) is 0 Å². The first kappa shape index (κ1) is 19.2.